The number of aryl methyl sites for hydroxylation is 1. The van der Waals surface area contributed by atoms with E-state index in [1.54, 1.807) is 20.1 Å². The summed E-state index contributed by atoms with van der Waals surface area (Å²) < 4.78 is 19.1. The predicted octanol–water partition coefficient (Wildman–Crippen LogP) is 4.25. The van der Waals surface area contributed by atoms with Crippen molar-refractivity contribution in [2.45, 2.75) is 64.0 Å². The van der Waals surface area contributed by atoms with Gasteiger partial charge in [0.2, 0.25) is 0 Å². The summed E-state index contributed by atoms with van der Waals surface area (Å²) in [6, 6.07) is 3.39. The first kappa shape index (κ1) is 19.2. The molecule has 1 saturated heterocycles. The number of methoxy groups -OCH3 is 1. The van der Waals surface area contributed by atoms with Gasteiger partial charge in [-0.1, -0.05) is 0 Å². The first-order valence-corrected chi connectivity index (χ1v) is 9.68. The predicted molar refractivity (Wildman–Crippen MR) is 98.8 cm³/mol. The summed E-state index contributed by atoms with van der Waals surface area (Å²) >= 11 is 0. The summed E-state index contributed by atoms with van der Waals surface area (Å²) in [5.41, 5.74) is 1.08. The molecule has 26 heavy (non-hydrogen) atoms. The molecule has 1 aliphatic carbocycles. The Bertz CT molecular complexity index is 636. The number of likely N-dealkylation sites (tertiary alicyclic amines) is 1. The Morgan fingerprint density at radius 3 is 2.42 bits per heavy atom. The van der Waals surface area contributed by atoms with Crippen LogP contribution in [0.5, 0.6) is 0 Å². The van der Waals surface area contributed by atoms with E-state index >= 15 is 0 Å². The van der Waals surface area contributed by atoms with Gasteiger partial charge in [-0.3, -0.25) is 10.1 Å². The summed E-state index contributed by atoms with van der Waals surface area (Å²) in [6.07, 6.45) is 7.88. The Morgan fingerprint density at radius 1 is 1.19 bits per heavy atom. The van der Waals surface area contributed by atoms with Crippen LogP contribution in [0.2, 0.25) is 0 Å². The minimum absolute atomic E-state index is 0.0755. The van der Waals surface area contributed by atoms with Crippen molar-refractivity contribution in [3.63, 3.8) is 0 Å². The molecule has 0 atom stereocenters. The minimum atomic E-state index is -0.498. The Balaban J connectivity index is 1.56. The van der Waals surface area contributed by atoms with Gasteiger partial charge >= 0.3 is 0 Å². The van der Waals surface area contributed by atoms with Gasteiger partial charge in [0, 0.05) is 18.7 Å². The molecule has 0 radical (unpaired) electrons. The van der Waals surface area contributed by atoms with Gasteiger partial charge in [0.05, 0.1) is 17.1 Å². The molecule has 5 nitrogen and oxygen atoms in total. The number of benzene rings is 1. The minimum Gasteiger partial charge on any atom is -0.381 e. The summed E-state index contributed by atoms with van der Waals surface area (Å²) in [4.78, 5) is 13.4. The number of ether oxygens (including phenoxy) is 1. The number of piperidine rings is 1. The van der Waals surface area contributed by atoms with Gasteiger partial charge in [-0.05, 0) is 82.5 Å². The molecule has 6 heteroatoms. The van der Waals surface area contributed by atoms with Gasteiger partial charge in [-0.15, -0.1) is 0 Å². The molecule has 0 aromatic heterocycles. The summed E-state index contributed by atoms with van der Waals surface area (Å²) in [6.45, 7) is 3.78. The molecular weight excluding hydrogens is 335 g/mol. The molecule has 1 heterocycles. The molecule has 1 aromatic rings. The van der Waals surface area contributed by atoms with Crippen molar-refractivity contribution >= 4 is 5.69 Å². The zero-order valence-corrected chi connectivity index (χ0v) is 15.7. The van der Waals surface area contributed by atoms with Crippen LogP contribution in [-0.4, -0.2) is 42.2 Å². The number of halogens is 1. The maximum atomic E-state index is 13.7. The molecule has 1 aromatic carbocycles. The van der Waals surface area contributed by atoms with Crippen molar-refractivity contribution in [2.24, 2.45) is 5.92 Å². The molecule has 1 saturated carbocycles. The van der Waals surface area contributed by atoms with Crippen LogP contribution >= 0.6 is 0 Å². The van der Waals surface area contributed by atoms with Crippen LogP contribution in [0, 0.1) is 28.8 Å². The molecule has 1 aliphatic heterocycles. The van der Waals surface area contributed by atoms with Crippen molar-refractivity contribution < 1.29 is 14.1 Å². The number of hydrogen-bond acceptors (Lipinski definition) is 4. The van der Waals surface area contributed by atoms with E-state index in [9.17, 15) is 14.5 Å². The molecule has 0 spiro atoms. The van der Waals surface area contributed by atoms with Crippen molar-refractivity contribution in [2.75, 3.05) is 20.2 Å². The summed E-state index contributed by atoms with van der Waals surface area (Å²) in [5.74, 6) is -0.0629. The largest absolute Gasteiger partial charge is 0.381 e. The quantitative estimate of drug-likeness (QED) is 0.579. The van der Waals surface area contributed by atoms with E-state index < -0.39 is 10.7 Å². The topological polar surface area (TPSA) is 55.6 Å². The third-order valence-electron chi connectivity index (χ3n) is 6.21. The number of nitro benzene ring substituents is 1. The number of rotatable bonds is 5. The molecule has 0 amide bonds. The van der Waals surface area contributed by atoms with Crippen LogP contribution in [0.3, 0.4) is 0 Å². The van der Waals surface area contributed by atoms with Crippen molar-refractivity contribution in [3.8, 4) is 0 Å². The van der Waals surface area contributed by atoms with E-state index in [4.69, 9.17) is 4.74 Å². The van der Waals surface area contributed by atoms with Gasteiger partial charge in [-0.25, -0.2) is 4.39 Å². The lowest BCUT2D eigenvalue weighted by atomic mass is 9.86. The average Bonchev–Trinajstić information content (AvgIpc) is 2.65. The van der Waals surface area contributed by atoms with Crippen LogP contribution in [-0.2, 0) is 11.2 Å². The molecule has 2 aliphatic rings. The highest BCUT2D eigenvalue weighted by molar-refractivity contribution is 5.43. The van der Waals surface area contributed by atoms with Gasteiger partial charge in [0.1, 0.15) is 5.82 Å². The Kier molecular flexibility index (Phi) is 6.24. The molecule has 144 valence electrons. The Hall–Kier alpha value is -1.53. The number of hydrogen-bond donors (Lipinski definition) is 0. The third-order valence-corrected chi connectivity index (χ3v) is 6.21. The average molecular weight is 364 g/mol. The van der Waals surface area contributed by atoms with Crippen molar-refractivity contribution in [1.29, 1.82) is 0 Å². The normalized spacial score (nSPS) is 25.3. The second kappa shape index (κ2) is 8.44. The van der Waals surface area contributed by atoms with Gasteiger partial charge in [0.15, 0.2) is 0 Å². The van der Waals surface area contributed by atoms with E-state index in [-0.39, 0.29) is 5.69 Å². The Labute approximate surface area is 154 Å². The van der Waals surface area contributed by atoms with Crippen LogP contribution in [0.25, 0.3) is 0 Å². The second-order valence-corrected chi connectivity index (χ2v) is 7.84. The standard InChI is InChI=1S/C20H29FN2O3/c1-14-11-16(20(23(24)25)13-19(14)21)12-15-7-9-22(10-8-15)17-3-5-18(26-2)6-4-17/h11,13,15,17-18H,3-10,12H2,1-2H3. The van der Waals surface area contributed by atoms with E-state index in [0.717, 1.165) is 44.8 Å². The SMILES string of the molecule is COC1CCC(N2CCC(Cc3cc(C)c(F)cc3[N+](=O)[O-])CC2)CC1. The fourth-order valence-corrected chi connectivity index (χ4v) is 4.54. The lowest BCUT2D eigenvalue weighted by molar-refractivity contribution is -0.385. The molecule has 2 fully saturated rings. The molecular formula is C20H29FN2O3. The Morgan fingerprint density at radius 2 is 1.85 bits per heavy atom. The molecule has 0 unspecified atom stereocenters. The van der Waals surface area contributed by atoms with Crippen LogP contribution in [0.1, 0.15) is 49.7 Å². The fourth-order valence-electron chi connectivity index (χ4n) is 4.54. The fraction of sp³-hybridized carbons (Fsp3) is 0.700. The highest BCUT2D eigenvalue weighted by atomic mass is 19.1. The van der Waals surface area contributed by atoms with Crippen molar-refractivity contribution in [3.05, 3.63) is 39.2 Å². The zero-order valence-electron chi connectivity index (χ0n) is 15.7. The van der Waals surface area contributed by atoms with Crippen LogP contribution < -0.4 is 0 Å². The van der Waals surface area contributed by atoms with E-state index in [1.165, 1.54) is 12.8 Å². The maximum Gasteiger partial charge on any atom is 0.275 e. The van der Waals surface area contributed by atoms with E-state index in [1.807, 2.05) is 0 Å². The molecule has 3 rings (SSSR count). The van der Waals surface area contributed by atoms with Crippen LogP contribution in [0.15, 0.2) is 12.1 Å². The van der Waals surface area contributed by atoms with Crippen molar-refractivity contribution in [1.82, 2.24) is 4.90 Å². The van der Waals surface area contributed by atoms with E-state index in [2.05, 4.69) is 4.90 Å². The first-order valence-electron chi connectivity index (χ1n) is 9.68. The first-order chi connectivity index (χ1) is 12.5. The third kappa shape index (κ3) is 4.41. The smallest absolute Gasteiger partial charge is 0.275 e. The summed E-state index contributed by atoms with van der Waals surface area (Å²) in [7, 11) is 1.80. The number of nitro groups is 1. The van der Waals surface area contributed by atoms with Gasteiger partial charge < -0.3 is 9.64 Å². The summed E-state index contributed by atoms with van der Waals surface area (Å²) in [5, 5.41) is 11.3. The molecule has 0 bridgehead atoms. The highest BCUT2D eigenvalue weighted by Crippen LogP contribution is 2.32. The lowest BCUT2D eigenvalue weighted by Crippen LogP contribution is -2.44. The van der Waals surface area contributed by atoms with E-state index in [0.29, 0.717) is 35.6 Å². The van der Waals surface area contributed by atoms with Gasteiger partial charge in [-0.2, -0.15) is 0 Å². The number of nitrogens with zero attached hydrogens (tertiary/aromatic N) is 2. The highest BCUT2D eigenvalue weighted by Gasteiger charge is 2.30. The molecule has 0 N–H and O–H groups in total. The monoisotopic (exact) mass is 364 g/mol. The maximum absolute atomic E-state index is 13.7. The zero-order chi connectivity index (χ0) is 18.7. The van der Waals surface area contributed by atoms with Crippen LogP contribution in [0.4, 0.5) is 10.1 Å². The lowest BCUT2D eigenvalue weighted by Gasteiger charge is -2.40. The van der Waals surface area contributed by atoms with Gasteiger partial charge in [0.25, 0.3) is 5.69 Å². The second-order valence-electron chi connectivity index (χ2n) is 7.84.